The van der Waals surface area contributed by atoms with Crippen LogP contribution in [0.4, 0.5) is 10.6 Å². The summed E-state index contributed by atoms with van der Waals surface area (Å²) in [6.07, 6.45) is 3.52. The van der Waals surface area contributed by atoms with Crippen LogP contribution < -0.4 is 10.2 Å². The van der Waals surface area contributed by atoms with Gasteiger partial charge in [-0.25, -0.2) is 9.78 Å². The largest absolute Gasteiger partial charge is 0.353 e. The van der Waals surface area contributed by atoms with Crippen LogP contribution in [0.15, 0.2) is 48.8 Å². The van der Waals surface area contributed by atoms with Gasteiger partial charge in [0.1, 0.15) is 5.82 Å². The van der Waals surface area contributed by atoms with Gasteiger partial charge in [-0.15, -0.1) is 0 Å². The van der Waals surface area contributed by atoms with Crippen molar-refractivity contribution in [3.8, 4) is 0 Å². The molecular weight excluding hydrogens is 278 g/mol. The minimum atomic E-state index is -0.0358. The number of aromatic nitrogens is 2. The van der Waals surface area contributed by atoms with Crippen molar-refractivity contribution in [3.05, 3.63) is 54.5 Å². The summed E-state index contributed by atoms with van der Waals surface area (Å²) in [6.45, 7) is 3.46. The molecule has 1 aliphatic heterocycles. The lowest BCUT2D eigenvalue weighted by Gasteiger charge is -2.35. The molecule has 1 N–H and O–H groups in total. The smallest absolute Gasteiger partial charge is 0.317 e. The molecule has 6 heteroatoms. The molecular formula is C16H19N5O. The Balaban J connectivity index is 1.48. The summed E-state index contributed by atoms with van der Waals surface area (Å²) in [7, 11) is 0. The molecule has 0 radical (unpaired) electrons. The molecule has 3 rings (SSSR count). The van der Waals surface area contributed by atoms with Crippen molar-refractivity contribution in [1.82, 2.24) is 20.2 Å². The van der Waals surface area contributed by atoms with Crippen molar-refractivity contribution in [2.45, 2.75) is 6.54 Å². The van der Waals surface area contributed by atoms with Crippen LogP contribution in [0.1, 0.15) is 5.69 Å². The van der Waals surface area contributed by atoms with E-state index in [0.717, 1.165) is 24.6 Å². The second kappa shape index (κ2) is 6.89. The van der Waals surface area contributed by atoms with Gasteiger partial charge in [-0.2, -0.15) is 0 Å². The van der Waals surface area contributed by atoms with Gasteiger partial charge in [0.2, 0.25) is 0 Å². The Bertz CT molecular complexity index is 596. The third-order valence-corrected chi connectivity index (χ3v) is 3.69. The normalized spacial score (nSPS) is 14.7. The topological polar surface area (TPSA) is 61.4 Å². The van der Waals surface area contributed by atoms with E-state index < -0.39 is 0 Å². The van der Waals surface area contributed by atoms with E-state index >= 15 is 0 Å². The predicted molar refractivity (Wildman–Crippen MR) is 84.5 cm³/mol. The first kappa shape index (κ1) is 14.3. The zero-order valence-corrected chi connectivity index (χ0v) is 12.4. The average Bonchev–Trinajstić information content (AvgIpc) is 2.61. The van der Waals surface area contributed by atoms with Crippen LogP contribution in [0, 0.1) is 0 Å². The fourth-order valence-electron chi connectivity index (χ4n) is 2.46. The first-order chi connectivity index (χ1) is 10.8. The van der Waals surface area contributed by atoms with Crippen molar-refractivity contribution >= 4 is 11.8 Å². The number of anilines is 1. The predicted octanol–water partition coefficient (Wildman–Crippen LogP) is 1.51. The number of carbonyl (C=O) groups excluding carboxylic acids is 1. The summed E-state index contributed by atoms with van der Waals surface area (Å²) in [6, 6.07) is 11.5. The summed E-state index contributed by atoms with van der Waals surface area (Å²) in [4.78, 5) is 24.7. The maximum atomic E-state index is 12.2. The minimum absolute atomic E-state index is 0.0358. The number of hydrogen-bond donors (Lipinski definition) is 1. The fraction of sp³-hybridized carbons (Fsp3) is 0.312. The van der Waals surface area contributed by atoms with Gasteiger partial charge in [0, 0.05) is 38.6 Å². The third-order valence-electron chi connectivity index (χ3n) is 3.69. The van der Waals surface area contributed by atoms with Crippen molar-refractivity contribution in [3.63, 3.8) is 0 Å². The molecule has 1 aliphatic rings. The summed E-state index contributed by atoms with van der Waals surface area (Å²) in [5, 5.41) is 2.91. The quantitative estimate of drug-likeness (QED) is 0.933. The molecule has 0 saturated carbocycles. The van der Waals surface area contributed by atoms with E-state index in [1.54, 1.807) is 12.4 Å². The molecule has 3 heterocycles. The highest BCUT2D eigenvalue weighted by Crippen LogP contribution is 2.12. The molecule has 114 valence electrons. The number of nitrogens with one attached hydrogen (secondary N) is 1. The Morgan fingerprint density at radius 3 is 2.36 bits per heavy atom. The first-order valence-electron chi connectivity index (χ1n) is 7.41. The van der Waals surface area contributed by atoms with Gasteiger partial charge in [-0.1, -0.05) is 12.1 Å². The van der Waals surface area contributed by atoms with E-state index in [1.165, 1.54) is 0 Å². The van der Waals surface area contributed by atoms with Crippen molar-refractivity contribution < 1.29 is 4.79 Å². The second-order valence-electron chi connectivity index (χ2n) is 5.14. The van der Waals surface area contributed by atoms with Gasteiger partial charge in [0.15, 0.2) is 0 Å². The van der Waals surface area contributed by atoms with E-state index in [4.69, 9.17) is 0 Å². The van der Waals surface area contributed by atoms with Gasteiger partial charge in [0.25, 0.3) is 0 Å². The third kappa shape index (κ3) is 3.52. The SMILES string of the molecule is O=C(NCc1ccccn1)N1CCN(c2ccccn2)CC1. The molecule has 1 saturated heterocycles. The highest BCUT2D eigenvalue weighted by molar-refractivity contribution is 5.74. The number of amides is 2. The summed E-state index contributed by atoms with van der Waals surface area (Å²) < 4.78 is 0. The van der Waals surface area contributed by atoms with Crippen molar-refractivity contribution in [2.75, 3.05) is 31.1 Å². The summed E-state index contributed by atoms with van der Waals surface area (Å²) in [5.41, 5.74) is 0.864. The van der Waals surface area contributed by atoms with Crippen LogP contribution in [0.25, 0.3) is 0 Å². The molecule has 0 spiro atoms. The van der Waals surface area contributed by atoms with Gasteiger partial charge in [-0.3, -0.25) is 4.98 Å². The number of urea groups is 1. The molecule has 1 fully saturated rings. The highest BCUT2D eigenvalue weighted by atomic mass is 16.2. The van der Waals surface area contributed by atoms with Crippen LogP contribution in [-0.4, -0.2) is 47.1 Å². The molecule has 0 aromatic carbocycles. The Labute approximate surface area is 129 Å². The van der Waals surface area contributed by atoms with Crippen molar-refractivity contribution in [2.24, 2.45) is 0 Å². The lowest BCUT2D eigenvalue weighted by atomic mass is 10.3. The molecule has 2 aromatic rings. The summed E-state index contributed by atoms with van der Waals surface area (Å²) >= 11 is 0. The van der Waals surface area contributed by atoms with E-state index in [-0.39, 0.29) is 6.03 Å². The van der Waals surface area contributed by atoms with Crippen LogP contribution in [0.2, 0.25) is 0 Å². The highest BCUT2D eigenvalue weighted by Gasteiger charge is 2.21. The minimum Gasteiger partial charge on any atom is -0.353 e. The maximum Gasteiger partial charge on any atom is 0.317 e. The maximum absolute atomic E-state index is 12.2. The summed E-state index contributed by atoms with van der Waals surface area (Å²) in [5.74, 6) is 0.969. The number of piperazine rings is 1. The van der Waals surface area contributed by atoms with Gasteiger partial charge >= 0.3 is 6.03 Å². The van der Waals surface area contributed by atoms with E-state index in [1.807, 2.05) is 41.3 Å². The van der Waals surface area contributed by atoms with E-state index in [2.05, 4.69) is 20.2 Å². The average molecular weight is 297 g/mol. The van der Waals surface area contributed by atoms with E-state index in [0.29, 0.717) is 19.6 Å². The number of hydrogen-bond acceptors (Lipinski definition) is 4. The lowest BCUT2D eigenvalue weighted by molar-refractivity contribution is 0.193. The van der Waals surface area contributed by atoms with Crippen LogP contribution >= 0.6 is 0 Å². The van der Waals surface area contributed by atoms with Gasteiger partial charge < -0.3 is 15.1 Å². The fourth-order valence-corrected chi connectivity index (χ4v) is 2.46. The van der Waals surface area contributed by atoms with Crippen LogP contribution in [0.5, 0.6) is 0 Å². The monoisotopic (exact) mass is 297 g/mol. The standard InChI is InChI=1S/C16H19N5O/c22-16(19-13-14-5-1-3-7-17-14)21-11-9-20(10-12-21)15-6-2-4-8-18-15/h1-8H,9-13H2,(H,19,22). The number of nitrogens with zero attached hydrogens (tertiary/aromatic N) is 4. The molecule has 0 atom stereocenters. The Kier molecular flexibility index (Phi) is 4.48. The van der Waals surface area contributed by atoms with E-state index in [9.17, 15) is 4.79 Å². The number of pyridine rings is 2. The van der Waals surface area contributed by atoms with Gasteiger partial charge in [0.05, 0.1) is 12.2 Å². The molecule has 0 aliphatic carbocycles. The first-order valence-corrected chi connectivity index (χ1v) is 7.41. The second-order valence-corrected chi connectivity index (χ2v) is 5.14. The molecule has 22 heavy (non-hydrogen) atoms. The molecule has 2 amide bonds. The zero-order valence-electron chi connectivity index (χ0n) is 12.4. The molecule has 2 aromatic heterocycles. The van der Waals surface area contributed by atoms with Crippen molar-refractivity contribution in [1.29, 1.82) is 0 Å². The molecule has 0 bridgehead atoms. The van der Waals surface area contributed by atoms with Crippen LogP contribution in [0.3, 0.4) is 0 Å². The Morgan fingerprint density at radius 2 is 1.73 bits per heavy atom. The molecule has 0 unspecified atom stereocenters. The number of rotatable bonds is 3. The lowest BCUT2D eigenvalue weighted by Crippen LogP contribution is -2.51. The molecule has 6 nitrogen and oxygen atoms in total. The number of carbonyl (C=O) groups is 1. The van der Waals surface area contributed by atoms with Crippen LogP contribution in [-0.2, 0) is 6.54 Å². The zero-order chi connectivity index (χ0) is 15.2. The van der Waals surface area contributed by atoms with Gasteiger partial charge in [-0.05, 0) is 24.3 Å². The Morgan fingerprint density at radius 1 is 1.00 bits per heavy atom. The Hall–Kier alpha value is -2.63.